The lowest BCUT2D eigenvalue weighted by atomic mass is 9.32. The normalized spacial score (nSPS) is 37.1. The standard InChI is InChI=1S/C52H62O4/c1-33(2)36-24-29-52(32-55-46(53)39-20-12-16-34-14-8-10-18-37(34)39)31-30-50(6)41(45(36)52)22-23-43-49(5)27-26-44(48(3,4)42(49)25-28-51(43,50)7)56-47(54)40-21-13-17-35-15-9-11-19-38(35)40/h8-21,36,41-45H,1,22-32H2,2-7H3/t36-,41+,42-,43+,44-,45+,49-,50+,51+,52+/m0/s1. The summed E-state index contributed by atoms with van der Waals surface area (Å²) in [7, 11) is 0. The van der Waals surface area contributed by atoms with Crippen LogP contribution in [0.3, 0.4) is 0 Å². The Balaban J connectivity index is 0.967. The first kappa shape index (κ1) is 37.6. The zero-order valence-corrected chi connectivity index (χ0v) is 34.7. The van der Waals surface area contributed by atoms with Gasteiger partial charge in [0.1, 0.15) is 6.10 Å². The van der Waals surface area contributed by atoms with Crippen LogP contribution >= 0.6 is 0 Å². The van der Waals surface area contributed by atoms with Crippen LogP contribution in [0.5, 0.6) is 0 Å². The molecule has 0 saturated heterocycles. The maximum atomic E-state index is 13.9. The molecule has 5 aliphatic rings. The molecule has 0 aromatic heterocycles. The number of hydrogen-bond donors (Lipinski definition) is 0. The van der Waals surface area contributed by atoms with Crippen molar-refractivity contribution < 1.29 is 19.1 Å². The summed E-state index contributed by atoms with van der Waals surface area (Å²) in [5.41, 5.74) is 3.10. The van der Waals surface area contributed by atoms with Crippen LogP contribution in [-0.4, -0.2) is 24.6 Å². The second-order valence-corrected chi connectivity index (χ2v) is 20.4. The molecule has 4 heteroatoms. The van der Waals surface area contributed by atoms with Gasteiger partial charge in [-0.2, -0.15) is 0 Å². The van der Waals surface area contributed by atoms with E-state index in [4.69, 9.17) is 9.47 Å². The lowest BCUT2D eigenvalue weighted by Crippen LogP contribution is -2.67. The Morgan fingerprint density at radius 3 is 1.93 bits per heavy atom. The average Bonchev–Trinajstić information content (AvgIpc) is 3.58. The molecule has 56 heavy (non-hydrogen) atoms. The summed E-state index contributed by atoms with van der Waals surface area (Å²) in [6.45, 7) is 20.1. The zero-order valence-electron chi connectivity index (χ0n) is 34.7. The minimum absolute atomic E-state index is 0.00760. The smallest absolute Gasteiger partial charge is 0.339 e. The fourth-order valence-electron chi connectivity index (χ4n) is 15.0. The van der Waals surface area contributed by atoms with Gasteiger partial charge >= 0.3 is 11.9 Å². The Hall–Kier alpha value is -3.92. The predicted molar refractivity (Wildman–Crippen MR) is 226 cm³/mol. The molecule has 4 aromatic rings. The highest BCUT2D eigenvalue weighted by Crippen LogP contribution is 2.77. The molecule has 5 aliphatic carbocycles. The first-order valence-electron chi connectivity index (χ1n) is 21.7. The van der Waals surface area contributed by atoms with Crippen LogP contribution in [0.1, 0.15) is 126 Å². The number of esters is 2. The molecule has 294 valence electrons. The molecule has 4 nitrogen and oxygen atoms in total. The van der Waals surface area contributed by atoms with E-state index in [0.717, 1.165) is 53.6 Å². The van der Waals surface area contributed by atoms with Gasteiger partial charge in [-0.05, 0) is 151 Å². The largest absolute Gasteiger partial charge is 0.461 e. The van der Waals surface area contributed by atoms with Crippen LogP contribution in [0.4, 0.5) is 0 Å². The summed E-state index contributed by atoms with van der Waals surface area (Å²) in [5.74, 6) is 2.24. The van der Waals surface area contributed by atoms with Gasteiger partial charge < -0.3 is 9.47 Å². The van der Waals surface area contributed by atoms with E-state index in [0.29, 0.717) is 47.3 Å². The Morgan fingerprint density at radius 2 is 1.27 bits per heavy atom. The number of carbonyl (C=O) groups excluding carboxylic acids is 2. The Morgan fingerprint density at radius 1 is 0.643 bits per heavy atom. The molecule has 0 radical (unpaired) electrons. The summed E-state index contributed by atoms with van der Waals surface area (Å²) in [4.78, 5) is 27.7. The first-order chi connectivity index (χ1) is 26.7. The van der Waals surface area contributed by atoms with E-state index < -0.39 is 0 Å². The number of fused-ring (bicyclic) bond motifs is 9. The van der Waals surface area contributed by atoms with E-state index in [-0.39, 0.29) is 45.1 Å². The molecule has 9 rings (SSSR count). The van der Waals surface area contributed by atoms with Gasteiger partial charge in [0.2, 0.25) is 0 Å². The second-order valence-electron chi connectivity index (χ2n) is 20.4. The SMILES string of the molecule is C=C(C)[C@@H]1CC[C@]2(COC(=O)c3cccc4ccccc34)CC[C@]3(C)[C@H](CC[C@@H]4[C@@]5(C)CC[C@H](OC(=O)c6cccc7ccccc67)C(C)(C)[C@@H]5CC[C@]43C)[C@@H]12. The van der Waals surface area contributed by atoms with E-state index in [1.807, 2.05) is 60.7 Å². The van der Waals surface area contributed by atoms with Crippen LogP contribution in [0.15, 0.2) is 97.1 Å². The molecule has 4 aromatic carbocycles. The van der Waals surface area contributed by atoms with E-state index in [1.54, 1.807) is 0 Å². The monoisotopic (exact) mass is 750 g/mol. The molecular formula is C52H62O4. The fraction of sp³-hybridized carbons (Fsp3) is 0.538. The molecule has 0 amide bonds. The highest BCUT2D eigenvalue weighted by Gasteiger charge is 2.71. The lowest BCUT2D eigenvalue weighted by Gasteiger charge is -2.73. The second kappa shape index (κ2) is 13.3. The molecule has 5 fully saturated rings. The van der Waals surface area contributed by atoms with Gasteiger partial charge in [0.25, 0.3) is 0 Å². The van der Waals surface area contributed by atoms with E-state index in [9.17, 15) is 9.59 Å². The van der Waals surface area contributed by atoms with Crippen molar-refractivity contribution in [1.82, 2.24) is 0 Å². The van der Waals surface area contributed by atoms with Crippen LogP contribution < -0.4 is 0 Å². The summed E-state index contributed by atoms with van der Waals surface area (Å²) in [6.07, 6.45) is 11.3. The third-order valence-electron chi connectivity index (χ3n) is 17.9. The molecule has 0 unspecified atom stereocenters. The number of rotatable bonds is 6. The Kier molecular flexibility index (Phi) is 8.95. The van der Waals surface area contributed by atoms with Gasteiger partial charge in [0.05, 0.1) is 17.7 Å². The summed E-state index contributed by atoms with van der Waals surface area (Å²) in [5, 5.41) is 4.07. The molecule has 0 spiro atoms. The quantitative estimate of drug-likeness (QED) is 0.145. The molecular weight excluding hydrogens is 689 g/mol. The van der Waals surface area contributed by atoms with E-state index in [2.05, 4.69) is 72.4 Å². The zero-order chi connectivity index (χ0) is 39.3. The van der Waals surface area contributed by atoms with Gasteiger partial charge in [0.15, 0.2) is 0 Å². The molecule has 0 aliphatic heterocycles. The van der Waals surface area contributed by atoms with Gasteiger partial charge in [-0.3, -0.25) is 0 Å². The summed E-state index contributed by atoms with van der Waals surface area (Å²) < 4.78 is 13.0. The molecule has 0 heterocycles. The molecule has 0 N–H and O–H groups in total. The maximum Gasteiger partial charge on any atom is 0.339 e. The third-order valence-corrected chi connectivity index (χ3v) is 17.9. The number of hydrogen-bond acceptors (Lipinski definition) is 4. The van der Waals surface area contributed by atoms with Gasteiger partial charge in [-0.15, -0.1) is 0 Å². The highest BCUT2D eigenvalue weighted by molar-refractivity contribution is 6.05. The minimum atomic E-state index is -0.190. The molecule has 0 bridgehead atoms. The van der Waals surface area contributed by atoms with Crippen LogP contribution in [-0.2, 0) is 9.47 Å². The van der Waals surface area contributed by atoms with Crippen LogP contribution in [0.2, 0.25) is 0 Å². The lowest BCUT2D eigenvalue weighted by molar-refractivity contribution is -0.249. The van der Waals surface area contributed by atoms with E-state index in [1.165, 1.54) is 37.7 Å². The van der Waals surface area contributed by atoms with Crippen LogP contribution in [0, 0.1) is 56.7 Å². The Bertz CT molecular complexity index is 2210. The number of ether oxygens (including phenoxy) is 2. The molecule has 10 atom stereocenters. The van der Waals surface area contributed by atoms with Crippen molar-refractivity contribution in [2.75, 3.05) is 6.61 Å². The minimum Gasteiger partial charge on any atom is -0.461 e. The highest BCUT2D eigenvalue weighted by atomic mass is 16.5. The van der Waals surface area contributed by atoms with E-state index >= 15 is 0 Å². The number of carbonyl (C=O) groups is 2. The van der Waals surface area contributed by atoms with Crippen molar-refractivity contribution in [2.45, 2.75) is 112 Å². The molecule has 5 saturated carbocycles. The number of benzene rings is 4. The summed E-state index contributed by atoms with van der Waals surface area (Å²) >= 11 is 0. The van der Waals surface area contributed by atoms with Gasteiger partial charge in [0, 0.05) is 10.8 Å². The first-order valence-corrected chi connectivity index (χ1v) is 21.7. The van der Waals surface area contributed by atoms with Crippen molar-refractivity contribution in [3.63, 3.8) is 0 Å². The van der Waals surface area contributed by atoms with Gasteiger partial charge in [-0.1, -0.05) is 120 Å². The fourth-order valence-corrected chi connectivity index (χ4v) is 15.0. The van der Waals surface area contributed by atoms with Crippen molar-refractivity contribution in [3.05, 3.63) is 108 Å². The van der Waals surface area contributed by atoms with Gasteiger partial charge in [-0.25, -0.2) is 9.59 Å². The summed E-state index contributed by atoms with van der Waals surface area (Å²) in [6, 6.07) is 28.2. The Labute approximate surface area is 334 Å². The van der Waals surface area contributed by atoms with Crippen molar-refractivity contribution in [2.24, 2.45) is 56.7 Å². The third kappa shape index (κ3) is 5.43. The van der Waals surface area contributed by atoms with Crippen molar-refractivity contribution in [3.8, 4) is 0 Å². The number of allylic oxidation sites excluding steroid dienone is 1. The van der Waals surface area contributed by atoms with Crippen molar-refractivity contribution in [1.29, 1.82) is 0 Å². The van der Waals surface area contributed by atoms with Crippen LogP contribution in [0.25, 0.3) is 21.5 Å². The maximum absolute atomic E-state index is 13.9. The topological polar surface area (TPSA) is 52.6 Å². The predicted octanol–water partition coefficient (Wildman–Crippen LogP) is 13.0. The van der Waals surface area contributed by atoms with Crippen molar-refractivity contribution >= 4 is 33.5 Å². The average molecular weight is 751 g/mol.